The predicted octanol–water partition coefficient (Wildman–Crippen LogP) is 4.21. The van der Waals surface area contributed by atoms with Gasteiger partial charge in [0, 0.05) is 23.0 Å². The summed E-state index contributed by atoms with van der Waals surface area (Å²) in [4.78, 5) is 6.89. The molecule has 0 aliphatic heterocycles. The molecule has 0 atom stereocenters. The van der Waals surface area contributed by atoms with Crippen LogP contribution in [0.5, 0.6) is 0 Å². The van der Waals surface area contributed by atoms with E-state index >= 15 is 0 Å². The molecule has 2 heterocycles. The van der Waals surface area contributed by atoms with Gasteiger partial charge in [-0.25, -0.2) is 13.8 Å². The normalized spacial score (nSPS) is 11.5. The summed E-state index contributed by atoms with van der Waals surface area (Å²) in [7, 11) is 0. The second-order valence-corrected chi connectivity index (χ2v) is 4.70. The van der Waals surface area contributed by atoms with Gasteiger partial charge < -0.3 is 4.98 Å². The fourth-order valence-corrected chi connectivity index (χ4v) is 2.27. The van der Waals surface area contributed by atoms with Gasteiger partial charge in [0.2, 0.25) is 0 Å². The molecule has 1 N–H and O–H groups in total. The topological polar surface area (TPSA) is 28.7 Å². The van der Waals surface area contributed by atoms with Gasteiger partial charge in [-0.3, -0.25) is 0 Å². The Balaban J connectivity index is 2.65. The predicted molar refractivity (Wildman–Crippen MR) is 65.1 cm³/mol. The average Bonchev–Trinajstić information content (AvgIpc) is 2.69. The summed E-state index contributed by atoms with van der Waals surface area (Å²) in [5.41, 5.74) is 0.736. The highest BCUT2D eigenvalue weighted by Crippen LogP contribution is 2.36. The van der Waals surface area contributed by atoms with E-state index in [1.807, 2.05) is 0 Å². The molecule has 2 nitrogen and oxygen atoms in total. The van der Waals surface area contributed by atoms with E-state index in [4.69, 9.17) is 11.6 Å². The summed E-state index contributed by atoms with van der Waals surface area (Å²) in [6, 6.07) is 3.55. The van der Waals surface area contributed by atoms with Crippen molar-refractivity contribution in [2.75, 3.05) is 0 Å². The summed E-state index contributed by atoms with van der Waals surface area (Å²) in [5.74, 6) is -1.92. The van der Waals surface area contributed by atoms with E-state index in [0.717, 1.165) is 6.07 Å². The summed E-state index contributed by atoms with van der Waals surface area (Å²) >= 11 is 9.26. The monoisotopic (exact) mass is 315 g/mol. The number of hydrogen-bond donors (Lipinski definition) is 1. The van der Waals surface area contributed by atoms with E-state index < -0.39 is 11.6 Å². The molecule has 6 heteroatoms. The largest absolute Gasteiger partial charge is 0.339 e. The van der Waals surface area contributed by atoms with E-state index in [2.05, 4.69) is 32.0 Å². The molecule has 85 valence electrons. The Hall–Kier alpha value is -1.20. The lowest BCUT2D eigenvalue weighted by Gasteiger charge is -1.98. The third-order valence-electron chi connectivity index (χ3n) is 2.49. The van der Waals surface area contributed by atoms with Crippen molar-refractivity contribution in [2.45, 2.75) is 0 Å². The van der Waals surface area contributed by atoms with Crippen molar-refractivity contribution in [3.05, 3.63) is 39.5 Å². The average molecular weight is 317 g/mol. The van der Waals surface area contributed by atoms with Gasteiger partial charge in [0.05, 0.1) is 15.0 Å². The molecule has 0 aliphatic rings. The van der Waals surface area contributed by atoms with Crippen molar-refractivity contribution in [1.82, 2.24) is 9.97 Å². The Bertz CT molecular complexity index is 692. The Kier molecular flexibility index (Phi) is 2.34. The minimum atomic E-state index is -0.963. The molecule has 17 heavy (non-hydrogen) atoms. The summed E-state index contributed by atoms with van der Waals surface area (Å²) in [6.45, 7) is 0. The summed E-state index contributed by atoms with van der Waals surface area (Å²) in [5, 5.41) is 0.710. The van der Waals surface area contributed by atoms with Gasteiger partial charge >= 0.3 is 0 Å². The highest BCUT2D eigenvalue weighted by Gasteiger charge is 2.17. The van der Waals surface area contributed by atoms with E-state index in [0.29, 0.717) is 26.0 Å². The van der Waals surface area contributed by atoms with E-state index in [9.17, 15) is 8.78 Å². The van der Waals surface area contributed by atoms with Crippen LogP contribution in [0.4, 0.5) is 8.78 Å². The molecule has 0 unspecified atom stereocenters. The van der Waals surface area contributed by atoms with Crippen LogP contribution in [0.25, 0.3) is 21.9 Å². The summed E-state index contributed by atoms with van der Waals surface area (Å²) < 4.78 is 27.5. The van der Waals surface area contributed by atoms with Gasteiger partial charge in [-0.05, 0) is 22.0 Å². The van der Waals surface area contributed by atoms with Gasteiger partial charge in [0.1, 0.15) is 5.65 Å². The van der Waals surface area contributed by atoms with Crippen LogP contribution in [0.2, 0.25) is 5.02 Å². The number of halogens is 4. The lowest BCUT2D eigenvalue weighted by Crippen LogP contribution is -1.84. The molecule has 1 radical (unpaired) electrons. The second-order valence-electron chi connectivity index (χ2n) is 3.47. The van der Waals surface area contributed by atoms with Crippen LogP contribution in [-0.2, 0) is 0 Å². The second kappa shape index (κ2) is 3.65. The molecule has 3 rings (SSSR count). The van der Waals surface area contributed by atoms with Gasteiger partial charge in [-0.1, -0.05) is 11.6 Å². The molecule has 2 aromatic heterocycles. The number of rotatable bonds is 0. The van der Waals surface area contributed by atoms with Crippen LogP contribution in [0, 0.1) is 17.7 Å². The van der Waals surface area contributed by atoms with Crippen LogP contribution in [0.1, 0.15) is 0 Å². The van der Waals surface area contributed by atoms with Crippen LogP contribution >= 0.6 is 27.5 Å². The zero-order valence-corrected chi connectivity index (χ0v) is 10.5. The maximum absolute atomic E-state index is 13.8. The fraction of sp³-hybridized carbons (Fsp3) is 0. The summed E-state index contributed by atoms with van der Waals surface area (Å²) in [6.07, 6.45) is 1.49. The number of hydrogen-bond acceptors (Lipinski definition) is 1. The number of aromatic amines is 1. The zero-order chi connectivity index (χ0) is 12.2. The molecule has 3 aromatic rings. The van der Waals surface area contributed by atoms with Crippen molar-refractivity contribution >= 4 is 49.5 Å². The molecule has 0 spiro atoms. The van der Waals surface area contributed by atoms with Crippen molar-refractivity contribution in [1.29, 1.82) is 0 Å². The quantitative estimate of drug-likeness (QED) is 0.661. The van der Waals surface area contributed by atoms with Crippen LogP contribution in [0.3, 0.4) is 0 Å². The van der Waals surface area contributed by atoms with Crippen LogP contribution in [-0.4, -0.2) is 9.97 Å². The number of pyridine rings is 1. The van der Waals surface area contributed by atoms with Crippen molar-refractivity contribution in [3.8, 4) is 0 Å². The Labute approximate surface area is 108 Å². The number of benzene rings is 1. The number of nitrogens with one attached hydrogen (secondary N) is 1. The lowest BCUT2D eigenvalue weighted by atomic mass is 10.2. The van der Waals surface area contributed by atoms with Gasteiger partial charge in [0.15, 0.2) is 11.6 Å². The first-order valence-electron chi connectivity index (χ1n) is 4.60. The molecule has 0 fully saturated rings. The first-order valence-corrected chi connectivity index (χ1v) is 5.77. The number of H-pyrrole nitrogens is 1. The van der Waals surface area contributed by atoms with E-state index in [1.54, 1.807) is 0 Å². The zero-order valence-electron chi connectivity index (χ0n) is 8.11. The molecular weight excluding hydrogens is 313 g/mol. The Morgan fingerprint density at radius 2 is 2.12 bits per heavy atom. The van der Waals surface area contributed by atoms with Gasteiger partial charge in [-0.15, -0.1) is 0 Å². The molecule has 0 bridgehead atoms. The molecule has 1 aromatic carbocycles. The van der Waals surface area contributed by atoms with Crippen molar-refractivity contribution in [2.24, 2.45) is 0 Å². The smallest absolute Gasteiger partial charge is 0.168 e. The first kappa shape index (κ1) is 10.9. The van der Waals surface area contributed by atoms with Gasteiger partial charge in [-0.2, -0.15) is 0 Å². The SMILES string of the molecule is Fc1c[c]c2[nH]c3ncc(Br)c(Cl)c3c2c1F. The molecule has 0 saturated heterocycles. The maximum atomic E-state index is 13.8. The number of nitrogens with zero attached hydrogens (tertiary/aromatic N) is 1. The van der Waals surface area contributed by atoms with Crippen LogP contribution in [0.15, 0.2) is 16.7 Å². The minimum absolute atomic E-state index is 0.0683. The molecule has 0 amide bonds. The minimum Gasteiger partial charge on any atom is -0.339 e. The van der Waals surface area contributed by atoms with Crippen molar-refractivity contribution in [3.63, 3.8) is 0 Å². The highest BCUT2D eigenvalue weighted by molar-refractivity contribution is 9.10. The third kappa shape index (κ3) is 1.46. The van der Waals surface area contributed by atoms with E-state index in [-0.39, 0.29) is 5.39 Å². The Morgan fingerprint density at radius 1 is 1.35 bits per heavy atom. The highest BCUT2D eigenvalue weighted by atomic mass is 79.9. The first-order chi connectivity index (χ1) is 8.09. The number of fused-ring (bicyclic) bond motifs is 3. The molecule has 0 saturated carbocycles. The standard InChI is InChI=1S/C11H3BrClF2N2/c12-4-3-16-11-8(9(4)13)7-6(17-11)2-1-5(14)10(7)15/h1,3H,(H,16,17). The third-order valence-corrected chi connectivity index (χ3v) is 3.71. The van der Waals surface area contributed by atoms with Crippen LogP contribution < -0.4 is 0 Å². The van der Waals surface area contributed by atoms with Gasteiger partial charge in [0.25, 0.3) is 0 Å². The number of aromatic nitrogens is 2. The molecular formula is C11H3BrClF2N2. The molecule has 0 aliphatic carbocycles. The van der Waals surface area contributed by atoms with E-state index in [1.165, 1.54) is 6.20 Å². The fourth-order valence-electron chi connectivity index (χ4n) is 1.74. The maximum Gasteiger partial charge on any atom is 0.168 e. The Morgan fingerprint density at radius 3 is 2.88 bits per heavy atom. The van der Waals surface area contributed by atoms with Crippen molar-refractivity contribution < 1.29 is 8.78 Å². The lowest BCUT2D eigenvalue weighted by molar-refractivity contribution is 0.517.